The summed E-state index contributed by atoms with van der Waals surface area (Å²) in [5.41, 5.74) is 16.3. The van der Waals surface area contributed by atoms with Crippen LogP contribution in [0.3, 0.4) is 0 Å². The lowest BCUT2D eigenvalue weighted by Gasteiger charge is -2.29. The lowest BCUT2D eigenvalue weighted by molar-refractivity contribution is -0.150. The minimum absolute atomic E-state index is 0.0178. The van der Waals surface area contributed by atoms with Crippen LogP contribution in [-0.2, 0) is 47.9 Å². The maximum atomic E-state index is 14.1. The Morgan fingerprint density at radius 2 is 1.25 bits per heavy atom. The number of hydroxylamine groups is 4. The average molecular weight is 977 g/mol. The number of aliphatic hydroxyl groups excluding tert-OH is 4. The number of aliphatic imine (C=N–C) groups is 1. The summed E-state index contributed by atoms with van der Waals surface area (Å²) in [5.74, 6) is -8.40. The number of rotatable bonds is 26. The fraction of sp³-hybridized carbons (Fsp3) is 0.711. The number of hydrogen-bond donors (Lipinski definition) is 17. The van der Waals surface area contributed by atoms with Gasteiger partial charge in [-0.05, 0) is 71.6 Å². The molecule has 0 aromatic rings. The van der Waals surface area contributed by atoms with Crippen LogP contribution in [0.1, 0.15) is 71.6 Å². The lowest BCUT2D eigenvalue weighted by Crippen LogP contribution is -2.62. The molecule has 20 N–H and O–H groups in total. The summed E-state index contributed by atoms with van der Waals surface area (Å²) in [4.78, 5) is 133. The second kappa shape index (κ2) is 31.6. The zero-order valence-electron chi connectivity index (χ0n) is 37.9. The molecule has 0 bridgehead atoms. The van der Waals surface area contributed by atoms with Gasteiger partial charge in [-0.2, -0.15) is 0 Å². The predicted molar refractivity (Wildman–Crippen MR) is 233 cm³/mol. The fourth-order valence-electron chi connectivity index (χ4n) is 6.35. The molecule has 1 heterocycles. The maximum absolute atomic E-state index is 14.1. The molecule has 30 nitrogen and oxygen atoms in total. The maximum Gasteiger partial charge on any atom is 0.245 e. The van der Waals surface area contributed by atoms with E-state index in [-0.39, 0.29) is 113 Å². The second-order valence-electron chi connectivity index (χ2n) is 15.8. The highest BCUT2D eigenvalue weighted by Gasteiger charge is 2.36. The number of aliphatic hydroxyl groups is 4. The van der Waals surface area contributed by atoms with Crippen molar-refractivity contribution in [2.24, 2.45) is 22.2 Å². The summed E-state index contributed by atoms with van der Waals surface area (Å²) >= 11 is 0. The first-order chi connectivity index (χ1) is 32.1. The van der Waals surface area contributed by atoms with E-state index in [2.05, 4.69) is 47.5 Å². The summed E-state index contributed by atoms with van der Waals surface area (Å²) < 4.78 is 0. The molecule has 10 atom stereocenters. The Hall–Kier alpha value is -6.31. The number of nitrogens with one attached hydrogen (secondary N) is 8. The Kier molecular flexibility index (Phi) is 27.8. The Bertz CT molecular complexity index is 1720. The molecule has 1 fully saturated rings. The largest absolute Gasteiger partial charge is 0.394 e. The standard InChI is InChI=1S/C38H68N14O16/c1-20(57)28-36(65)42-12-4-3-8-23(31(60)46-26(11-7-15-52(68)19-56)34(63)49-29(21(2)58)37(66)50-28)45-32(61)25(10-6-14-51(67)18-55)47-35(64)27(17-54)48-33(62)24(9-5-13-43-38(40)41)44-30(59)22(39)16-53/h18-29,53-54,57-58,67-68H,3-17,39H2,1-2H3,(H,42,65)(H,44,59)(H,45,61)(H,46,60)(H,47,64)(H,48,62)(H,49,63)(H,50,66)(H4,40,41,43)/t20-,21-,22-,23+,24+,25+,26+,27-,28+,29+/m1/s1. The number of carbonyl (C=O) groups excluding carboxylic acids is 10. The highest BCUT2D eigenvalue weighted by Crippen LogP contribution is 2.10. The quantitative estimate of drug-likeness (QED) is 0.00956. The number of carbonyl (C=O) groups is 10. The summed E-state index contributed by atoms with van der Waals surface area (Å²) in [6.07, 6.45) is -3.78. The SMILES string of the molecule is C[C@@H](O)[C@@H]1NC(=O)[C@H](CCCN(O)C=O)NC(=O)[C@@H](NC(=O)[C@H](CCCN(O)C=O)NC(=O)[C@@H](CO)NC(=O)[C@H](CCCN=C(N)N)NC(=O)[C@H](N)CO)CCCCNC(=O)[C@H]([C@@H](C)O)NC1=O. The van der Waals surface area contributed by atoms with Crippen molar-refractivity contribution in [3.05, 3.63) is 0 Å². The molecule has 0 aromatic heterocycles. The van der Waals surface area contributed by atoms with Gasteiger partial charge >= 0.3 is 0 Å². The van der Waals surface area contributed by atoms with E-state index in [9.17, 15) is 78.8 Å². The Morgan fingerprint density at radius 3 is 1.82 bits per heavy atom. The van der Waals surface area contributed by atoms with Crippen LogP contribution in [0.15, 0.2) is 4.99 Å². The van der Waals surface area contributed by atoms with Crippen LogP contribution in [0.5, 0.6) is 0 Å². The van der Waals surface area contributed by atoms with E-state index in [0.29, 0.717) is 0 Å². The van der Waals surface area contributed by atoms with Crippen molar-refractivity contribution in [3.63, 3.8) is 0 Å². The molecule has 0 aromatic carbocycles. The zero-order valence-corrected chi connectivity index (χ0v) is 37.9. The minimum Gasteiger partial charge on any atom is -0.394 e. The first kappa shape index (κ1) is 59.7. The smallest absolute Gasteiger partial charge is 0.245 e. The third-order valence-electron chi connectivity index (χ3n) is 10.2. The zero-order chi connectivity index (χ0) is 51.5. The topological polar surface area (TPSA) is 485 Å². The molecule has 0 saturated carbocycles. The van der Waals surface area contributed by atoms with Crippen LogP contribution in [0, 0.1) is 0 Å². The second-order valence-corrected chi connectivity index (χ2v) is 15.8. The van der Waals surface area contributed by atoms with Crippen molar-refractivity contribution < 1.29 is 78.8 Å². The highest BCUT2D eigenvalue weighted by atomic mass is 16.5. The van der Waals surface area contributed by atoms with Crippen LogP contribution < -0.4 is 59.7 Å². The summed E-state index contributed by atoms with van der Waals surface area (Å²) in [7, 11) is 0. The van der Waals surface area contributed by atoms with Crippen LogP contribution in [0.25, 0.3) is 0 Å². The van der Waals surface area contributed by atoms with Gasteiger partial charge in [-0.3, -0.25) is 63.4 Å². The normalized spacial score (nSPS) is 21.0. The van der Waals surface area contributed by atoms with Crippen molar-refractivity contribution in [2.75, 3.05) is 39.4 Å². The molecule has 1 aliphatic heterocycles. The number of nitrogens with zero attached hydrogens (tertiary/aromatic N) is 3. The molecule has 1 saturated heterocycles. The molecular weight excluding hydrogens is 908 g/mol. The van der Waals surface area contributed by atoms with Crippen molar-refractivity contribution in [1.29, 1.82) is 0 Å². The molecule has 0 unspecified atom stereocenters. The molecule has 10 amide bonds. The van der Waals surface area contributed by atoms with Crippen LogP contribution in [-0.4, -0.2) is 207 Å². The summed E-state index contributed by atoms with van der Waals surface area (Å²) in [6.45, 7) is -0.213. The Labute approximate surface area is 390 Å². The molecular formula is C38H68N14O16. The van der Waals surface area contributed by atoms with Crippen LogP contribution in [0.4, 0.5) is 0 Å². The molecule has 386 valence electrons. The molecule has 1 aliphatic rings. The molecule has 0 aliphatic carbocycles. The van der Waals surface area contributed by atoms with Crippen molar-refractivity contribution in [2.45, 2.75) is 132 Å². The monoisotopic (exact) mass is 976 g/mol. The number of amides is 10. The van der Waals surface area contributed by atoms with Crippen molar-refractivity contribution in [3.8, 4) is 0 Å². The molecule has 0 spiro atoms. The van der Waals surface area contributed by atoms with Gasteiger partial charge in [0.2, 0.25) is 60.1 Å². The lowest BCUT2D eigenvalue weighted by atomic mass is 10.0. The van der Waals surface area contributed by atoms with Gasteiger partial charge in [0, 0.05) is 26.2 Å². The molecule has 30 heteroatoms. The van der Waals surface area contributed by atoms with Gasteiger partial charge in [0.05, 0.1) is 25.4 Å². The summed E-state index contributed by atoms with van der Waals surface area (Å²) in [5, 5.41) is 79.1. The van der Waals surface area contributed by atoms with E-state index in [1.165, 1.54) is 6.92 Å². The van der Waals surface area contributed by atoms with Gasteiger partial charge in [0.25, 0.3) is 0 Å². The first-order valence-corrected chi connectivity index (χ1v) is 21.7. The van der Waals surface area contributed by atoms with Gasteiger partial charge < -0.3 is 80.2 Å². The summed E-state index contributed by atoms with van der Waals surface area (Å²) in [6, 6.07) is -12.6. The fourth-order valence-corrected chi connectivity index (χ4v) is 6.35. The average Bonchev–Trinajstić information content (AvgIpc) is 3.29. The Morgan fingerprint density at radius 1 is 0.721 bits per heavy atom. The van der Waals surface area contributed by atoms with Gasteiger partial charge in [-0.15, -0.1) is 0 Å². The van der Waals surface area contributed by atoms with Crippen LogP contribution >= 0.6 is 0 Å². The van der Waals surface area contributed by atoms with Gasteiger partial charge in [-0.1, -0.05) is 0 Å². The predicted octanol–water partition coefficient (Wildman–Crippen LogP) is -8.94. The van der Waals surface area contributed by atoms with Crippen molar-refractivity contribution >= 4 is 66.0 Å². The van der Waals surface area contributed by atoms with E-state index >= 15 is 0 Å². The molecule has 1 rings (SSSR count). The van der Waals surface area contributed by atoms with E-state index in [1.54, 1.807) is 0 Å². The molecule has 68 heavy (non-hydrogen) atoms. The Balaban J connectivity index is 3.59. The van der Waals surface area contributed by atoms with E-state index in [1.807, 2.05) is 0 Å². The third kappa shape index (κ3) is 22.0. The molecule has 0 radical (unpaired) electrons. The number of nitrogens with two attached hydrogens (primary N) is 3. The van der Waals surface area contributed by atoms with E-state index in [0.717, 1.165) is 6.92 Å². The van der Waals surface area contributed by atoms with Gasteiger partial charge in [0.1, 0.15) is 48.3 Å². The third-order valence-corrected chi connectivity index (χ3v) is 10.2. The highest BCUT2D eigenvalue weighted by molar-refractivity contribution is 5.98. The van der Waals surface area contributed by atoms with Crippen LogP contribution in [0.2, 0.25) is 0 Å². The van der Waals surface area contributed by atoms with Crippen molar-refractivity contribution in [1.82, 2.24) is 52.7 Å². The van der Waals surface area contributed by atoms with Gasteiger partial charge in [-0.25, -0.2) is 10.1 Å². The number of hydrogen-bond acceptors (Lipinski definition) is 18. The first-order valence-electron chi connectivity index (χ1n) is 21.7. The van der Waals surface area contributed by atoms with Gasteiger partial charge in [0.15, 0.2) is 5.96 Å². The van der Waals surface area contributed by atoms with E-state index < -0.39 is 121 Å². The minimum atomic E-state index is -1.79. The number of guanidine groups is 1. The van der Waals surface area contributed by atoms with E-state index in [4.69, 9.17) is 17.2 Å².